The van der Waals surface area contributed by atoms with Crippen molar-refractivity contribution in [1.29, 1.82) is 5.26 Å². The predicted octanol–water partition coefficient (Wildman–Crippen LogP) is 5.80. The average Bonchev–Trinajstić information content (AvgIpc) is 3.69. The summed E-state index contributed by atoms with van der Waals surface area (Å²) in [7, 11) is 0. The number of nitrogens with zero attached hydrogens (tertiary/aromatic N) is 6. The number of fused-ring (bicyclic) bond motifs is 5. The molecule has 0 unspecified atom stereocenters. The van der Waals surface area contributed by atoms with E-state index < -0.39 is 0 Å². The Bertz CT molecular complexity index is 1500. The van der Waals surface area contributed by atoms with Gasteiger partial charge in [0.25, 0.3) is 0 Å². The topological polar surface area (TPSA) is 53.0 Å². The molecule has 0 saturated carbocycles. The van der Waals surface area contributed by atoms with Crippen LogP contribution >= 0.6 is 0 Å². The van der Waals surface area contributed by atoms with E-state index in [2.05, 4.69) is 68.6 Å². The van der Waals surface area contributed by atoms with Crippen LogP contribution in [-0.2, 0) is 6.54 Å². The third-order valence-electron chi connectivity index (χ3n) is 8.82. The molecule has 6 nitrogen and oxygen atoms in total. The van der Waals surface area contributed by atoms with Gasteiger partial charge < -0.3 is 14.4 Å². The Morgan fingerprint density at radius 1 is 0.974 bits per heavy atom. The second-order valence-electron chi connectivity index (χ2n) is 11.4. The van der Waals surface area contributed by atoms with Gasteiger partial charge >= 0.3 is 0 Å². The van der Waals surface area contributed by atoms with E-state index in [9.17, 15) is 0 Å². The van der Waals surface area contributed by atoms with Crippen molar-refractivity contribution in [2.45, 2.75) is 32.7 Å². The van der Waals surface area contributed by atoms with E-state index in [0.717, 1.165) is 54.1 Å². The van der Waals surface area contributed by atoms with Crippen LogP contribution in [0, 0.1) is 23.2 Å². The fraction of sp³-hybridized carbons (Fsp3) is 0.375. The van der Waals surface area contributed by atoms with Crippen LogP contribution in [0.15, 0.2) is 67.1 Å². The van der Waals surface area contributed by atoms with Gasteiger partial charge in [-0.25, -0.2) is 4.98 Å². The van der Waals surface area contributed by atoms with E-state index in [1.165, 1.54) is 55.8 Å². The third kappa shape index (κ3) is 4.21. The largest absolute Gasteiger partial charge is 0.371 e. The van der Waals surface area contributed by atoms with Gasteiger partial charge in [0.15, 0.2) is 5.82 Å². The predicted molar refractivity (Wildman–Crippen MR) is 151 cm³/mol. The number of aromatic nitrogens is 3. The summed E-state index contributed by atoms with van der Waals surface area (Å²) in [5, 5.41) is 9.17. The third-order valence-corrected chi connectivity index (χ3v) is 8.82. The van der Waals surface area contributed by atoms with Crippen molar-refractivity contribution in [3.8, 4) is 34.4 Å². The van der Waals surface area contributed by atoms with Crippen LogP contribution in [0.4, 0.5) is 5.69 Å². The molecule has 2 aromatic heterocycles. The summed E-state index contributed by atoms with van der Waals surface area (Å²) < 4.78 is 4.55. The number of imidazole rings is 1. The maximum Gasteiger partial charge on any atom is 0.161 e. The molecule has 192 valence electrons. The van der Waals surface area contributed by atoms with Crippen molar-refractivity contribution in [3.63, 3.8) is 0 Å². The number of hydrogen-bond donors (Lipinski definition) is 0. The second-order valence-corrected chi connectivity index (χ2v) is 11.4. The first-order valence-corrected chi connectivity index (χ1v) is 14.0. The van der Waals surface area contributed by atoms with Crippen molar-refractivity contribution in [3.05, 3.63) is 78.2 Å². The molecule has 1 atom stereocenters. The smallest absolute Gasteiger partial charge is 0.161 e. The first-order valence-electron chi connectivity index (χ1n) is 14.0. The van der Waals surface area contributed by atoms with Crippen LogP contribution in [0.2, 0.25) is 0 Å². The molecule has 4 aromatic rings. The van der Waals surface area contributed by atoms with Gasteiger partial charge in [0.1, 0.15) is 0 Å². The minimum atomic E-state index is 0.682. The maximum absolute atomic E-state index is 9.17. The van der Waals surface area contributed by atoms with Gasteiger partial charge in [0.05, 0.1) is 23.0 Å². The van der Waals surface area contributed by atoms with Crippen LogP contribution in [0.1, 0.15) is 37.3 Å². The number of anilines is 1. The minimum absolute atomic E-state index is 0.682. The van der Waals surface area contributed by atoms with Gasteiger partial charge in [-0.05, 0) is 91.7 Å². The van der Waals surface area contributed by atoms with Crippen molar-refractivity contribution < 1.29 is 0 Å². The number of nitriles is 1. The Morgan fingerprint density at radius 2 is 1.82 bits per heavy atom. The molecule has 3 aliphatic heterocycles. The lowest BCUT2D eigenvalue weighted by atomic mass is 9.98. The Morgan fingerprint density at radius 3 is 2.63 bits per heavy atom. The van der Waals surface area contributed by atoms with Crippen LogP contribution in [-0.4, -0.2) is 51.7 Å². The summed E-state index contributed by atoms with van der Waals surface area (Å²) in [6.45, 7) is 9.28. The maximum atomic E-state index is 9.17. The summed E-state index contributed by atoms with van der Waals surface area (Å²) in [6, 6.07) is 19.2. The van der Waals surface area contributed by atoms with Gasteiger partial charge in [-0.3, -0.25) is 4.57 Å². The fourth-order valence-corrected chi connectivity index (χ4v) is 6.55. The number of piperidine rings is 1. The van der Waals surface area contributed by atoms with Gasteiger partial charge in [0.2, 0.25) is 0 Å². The second kappa shape index (κ2) is 9.49. The molecule has 38 heavy (non-hydrogen) atoms. The number of benzene rings is 2. The number of likely N-dealkylation sites (tertiary alicyclic amines) is 1. The van der Waals surface area contributed by atoms with E-state index in [-0.39, 0.29) is 0 Å². The molecule has 3 aliphatic rings. The van der Waals surface area contributed by atoms with Crippen molar-refractivity contribution in [1.82, 2.24) is 19.0 Å². The average molecular weight is 503 g/mol. The Balaban J connectivity index is 1.15. The molecule has 0 amide bonds. The molecule has 0 N–H and O–H groups in total. The van der Waals surface area contributed by atoms with E-state index >= 15 is 0 Å². The molecule has 0 radical (unpaired) electrons. The normalized spacial score (nSPS) is 19.5. The highest BCUT2D eigenvalue weighted by Gasteiger charge is 2.28. The summed E-state index contributed by atoms with van der Waals surface area (Å²) in [4.78, 5) is 10.0. The quantitative estimate of drug-likeness (QED) is 0.312. The van der Waals surface area contributed by atoms with Gasteiger partial charge in [-0.1, -0.05) is 19.1 Å². The lowest BCUT2D eigenvalue weighted by Crippen LogP contribution is -2.37. The van der Waals surface area contributed by atoms with Crippen LogP contribution < -0.4 is 4.90 Å². The molecule has 0 aliphatic carbocycles. The van der Waals surface area contributed by atoms with Gasteiger partial charge in [-0.2, -0.15) is 5.26 Å². The van der Waals surface area contributed by atoms with Gasteiger partial charge in [0, 0.05) is 56.0 Å². The molecular formula is C32H34N6. The van der Waals surface area contributed by atoms with Crippen molar-refractivity contribution in [2.24, 2.45) is 11.8 Å². The molecule has 5 heterocycles. The zero-order valence-electron chi connectivity index (χ0n) is 22.1. The van der Waals surface area contributed by atoms with Crippen LogP contribution in [0.3, 0.4) is 0 Å². The molecule has 0 bridgehead atoms. The molecule has 2 saturated heterocycles. The summed E-state index contributed by atoms with van der Waals surface area (Å²) in [5.74, 6) is 2.62. The minimum Gasteiger partial charge on any atom is -0.371 e. The first-order chi connectivity index (χ1) is 18.6. The van der Waals surface area contributed by atoms with Crippen LogP contribution in [0.5, 0.6) is 0 Å². The first kappa shape index (κ1) is 23.3. The van der Waals surface area contributed by atoms with Crippen molar-refractivity contribution >= 4 is 5.69 Å². The lowest BCUT2D eigenvalue weighted by molar-refractivity contribution is 0.171. The Labute approximate surface area is 224 Å². The molecule has 2 fully saturated rings. The molecule has 7 rings (SSSR count). The number of hydrogen-bond acceptors (Lipinski definition) is 4. The van der Waals surface area contributed by atoms with E-state index in [4.69, 9.17) is 10.2 Å². The molecule has 2 aromatic carbocycles. The fourth-order valence-electron chi connectivity index (χ4n) is 6.55. The Kier molecular flexibility index (Phi) is 5.82. The Hall–Kier alpha value is -3.82. The van der Waals surface area contributed by atoms with Gasteiger partial charge in [-0.15, -0.1) is 0 Å². The van der Waals surface area contributed by atoms with E-state index in [1.54, 1.807) is 0 Å². The standard InChI is InChI=1S/C32H34N6/c1-23-8-12-35(13-9-23)19-25-10-14-36(20-25)29-6-7-30-28(16-29)22-37-21-27(26-4-2-24(18-33)3-5-26)17-31(37)32-34-11-15-38(30)32/h2-7,11,15-17,21,23,25H,8-10,12-14,19-20,22H2,1H3/t25-/m0/s1. The van der Waals surface area contributed by atoms with E-state index in [0.29, 0.717) is 5.56 Å². The highest BCUT2D eigenvalue weighted by molar-refractivity contribution is 5.72. The highest BCUT2D eigenvalue weighted by atomic mass is 15.2. The summed E-state index contributed by atoms with van der Waals surface area (Å²) in [6.07, 6.45) is 10.2. The van der Waals surface area contributed by atoms with Crippen molar-refractivity contribution in [2.75, 3.05) is 37.6 Å². The molecule has 0 spiro atoms. The SMILES string of the molecule is CC1CCN(C[C@@H]2CCN(c3ccc4c(c3)Cn3cc(-c5ccc(C#N)cc5)cc3-c3nccn3-4)C2)CC1. The highest BCUT2D eigenvalue weighted by Crippen LogP contribution is 2.36. The number of rotatable bonds is 4. The molecule has 6 heteroatoms. The van der Waals surface area contributed by atoms with Crippen LogP contribution in [0.25, 0.3) is 28.3 Å². The summed E-state index contributed by atoms with van der Waals surface area (Å²) >= 11 is 0. The zero-order valence-corrected chi connectivity index (χ0v) is 22.1. The molecular weight excluding hydrogens is 468 g/mol. The lowest BCUT2D eigenvalue weighted by Gasteiger charge is -2.32. The van der Waals surface area contributed by atoms with E-state index in [1.807, 2.05) is 30.5 Å². The monoisotopic (exact) mass is 502 g/mol. The summed E-state index contributed by atoms with van der Waals surface area (Å²) in [5.41, 5.74) is 7.92. The zero-order chi connectivity index (χ0) is 25.6.